The van der Waals surface area contributed by atoms with Crippen LogP contribution < -0.4 is 5.32 Å². The van der Waals surface area contributed by atoms with Gasteiger partial charge >= 0.3 is 5.97 Å². The van der Waals surface area contributed by atoms with Crippen molar-refractivity contribution in [2.24, 2.45) is 5.92 Å². The maximum atomic E-state index is 10.8. The lowest BCUT2D eigenvalue weighted by molar-refractivity contribution is -0.139. The third-order valence-electron chi connectivity index (χ3n) is 3.10. The van der Waals surface area contributed by atoms with E-state index in [0.29, 0.717) is 17.9 Å². The zero-order valence-electron chi connectivity index (χ0n) is 9.39. The van der Waals surface area contributed by atoms with Crippen LogP contribution in [0.5, 0.6) is 0 Å². The van der Waals surface area contributed by atoms with E-state index in [1.807, 2.05) is 18.2 Å². The molecule has 17 heavy (non-hydrogen) atoms. The number of rotatable bonds is 3. The summed E-state index contributed by atoms with van der Waals surface area (Å²) in [6.07, 6.45) is 1.48. The standard InChI is InChI=1S/C13H14N2O2/c14-7-10-3-1-2-9(4-10)5-11-6-12(13(16)17)15-8-11/h1-4,11-12,15H,5-6,8H2,(H,16,17)/t11-,12+/m1/s1. The van der Waals surface area contributed by atoms with Crippen LogP contribution in [0.3, 0.4) is 0 Å². The number of nitrogens with one attached hydrogen (secondary N) is 1. The molecule has 2 N–H and O–H groups in total. The highest BCUT2D eigenvalue weighted by Crippen LogP contribution is 2.19. The van der Waals surface area contributed by atoms with E-state index in [1.165, 1.54) is 0 Å². The van der Waals surface area contributed by atoms with Crippen molar-refractivity contribution >= 4 is 5.97 Å². The number of benzene rings is 1. The number of aliphatic carboxylic acids is 1. The summed E-state index contributed by atoms with van der Waals surface area (Å²) in [6, 6.07) is 9.18. The fourth-order valence-electron chi connectivity index (χ4n) is 2.25. The Morgan fingerprint density at radius 2 is 2.41 bits per heavy atom. The summed E-state index contributed by atoms with van der Waals surface area (Å²) in [4.78, 5) is 10.8. The van der Waals surface area contributed by atoms with Gasteiger partial charge < -0.3 is 10.4 Å². The number of carboxylic acid groups (broad SMARTS) is 1. The van der Waals surface area contributed by atoms with Crippen molar-refractivity contribution in [1.29, 1.82) is 5.26 Å². The maximum absolute atomic E-state index is 10.8. The Labute approximate surface area is 99.9 Å². The van der Waals surface area contributed by atoms with E-state index in [9.17, 15) is 4.79 Å². The third kappa shape index (κ3) is 2.83. The largest absolute Gasteiger partial charge is 0.480 e. The molecule has 88 valence electrons. The van der Waals surface area contributed by atoms with Crippen molar-refractivity contribution in [1.82, 2.24) is 5.32 Å². The summed E-state index contributed by atoms with van der Waals surface area (Å²) in [5, 5.41) is 20.7. The minimum Gasteiger partial charge on any atom is -0.480 e. The fourth-order valence-corrected chi connectivity index (χ4v) is 2.25. The molecule has 2 rings (SSSR count). The van der Waals surface area contributed by atoms with Crippen LogP contribution in [0.2, 0.25) is 0 Å². The highest BCUT2D eigenvalue weighted by Gasteiger charge is 2.28. The lowest BCUT2D eigenvalue weighted by Gasteiger charge is -2.08. The van der Waals surface area contributed by atoms with E-state index in [1.54, 1.807) is 6.07 Å². The topological polar surface area (TPSA) is 73.1 Å². The second-order valence-electron chi connectivity index (χ2n) is 4.42. The molecule has 0 aromatic heterocycles. The van der Waals surface area contributed by atoms with Gasteiger partial charge in [-0.2, -0.15) is 5.26 Å². The highest BCUT2D eigenvalue weighted by molar-refractivity contribution is 5.73. The van der Waals surface area contributed by atoms with E-state index >= 15 is 0 Å². The van der Waals surface area contributed by atoms with Crippen LogP contribution in [-0.2, 0) is 11.2 Å². The number of nitriles is 1. The summed E-state index contributed by atoms with van der Waals surface area (Å²) in [7, 11) is 0. The molecule has 4 nitrogen and oxygen atoms in total. The smallest absolute Gasteiger partial charge is 0.320 e. The van der Waals surface area contributed by atoms with Gasteiger partial charge in [0.25, 0.3) is 0 Å². The van der Waals surface area contributed by atoms with Gasteiger partial charge in [0.05, 0.1) is 11.6 Å². The molecule has 0 amide bonds. The Balaban J connectivity index is 1.98. The van der Waals surface area contributed by atoms with Crippen LogP contribution in [0, 0.1) is 17.2 Å². The van der Waals surface area contributed by atoms with Gasteiger partial charge in [-0.25, -0.2) is 0 Å². The summed E-state index contributed by atoms with van der Waals surface area (Å²) >= 11 is 0. The Hall–Kier alpha value is -1.86. The van der Waals surface area contributed by atoms with Gasteiger partial charge in [-0.15, -0.1) is 0 Å². The molecule has 1 aromatic rings. The van der Waals surface area contributed by atoms with Crippen LogP contribution in [0.1, 0.15) is 17.5 Å². The Morgan fingerprint density at radius 1 is 1.59 bits per heavy atom. The van der Waals surface area contributed by atoms with Gasteiger partial charge in [0, 0.05) is 0 Å². The van der Waals surface area contributed by atoms with Crippen LogP contribution in [0.25, 0.3) is 0 Å². The molecule has 0 aliphatic carbocycles. The van der Waals surface area contributed by atoms with Crippen LogP contribution in [0.4, 0.5) is 0 Å². The Bertz CT molecular complexity index is 465. The van der Waals surface area contributed by atoms with E-state index < -0.39 is 12.0 Å². The first kappa shape index (κ1) is 11.6. The van der Waals surface area contributed by atoms with Gasteiger partial charge in [0.15, 0.2) is 0 Å². The zero-order chi connectivity index (χ0) is 12.3. The lowest BCUT2D eigenvalue weighted by Crippen LogP contribution is -2.29. The molecule has 0 radical (unpaired) electrons. The molecule has 0 unspecified atom stereocenters. The average Bonchev–Trinajstić information content (AvgIpc) is 2.78. The molecule has 0 spiro atoms. The second-order valence-corrected chi connectivity index (χ2v) is 4.42. The van der Waals surface area contributed by atoms with Gasteiger partial charge in [-0.05, 0) is 43.0 Å². The van der Waals surface area contributed by atoms with Crippen molar-refractivity contribution in [2.75, 3.05) is 6.54 Å². The SMILES string of the molecule is N#Cc1cccc(C[C@H]2CN[C@H](C(=O)O)C2)c1. The first-order valence-corrected chi connectivity index (χ1v) is 5.64. The molecule has 1 heterocycles. The van der Waals surface area contributed by atoms with E-state index in [-0.39, 0.29) is 0 Å². The highest BCUT2D eigenvalue weighted by atomic mass is 16.4. The van der Waals surface area contributed by atoms with Crippen molar-refractivity contribution in [3.63, 3.8) is 0 Å². The molecule has 1 aliphatic rings. The molecule has 2 atom stereocenters. The monoisotopic (exact) mass is 230 g/mol. The molecular weight excluding hydrogens is 216 g/mol. The predicted octanol–water partition coefficient (Wildman–Crippen LogP) is 1.16. The summed E-state index contributed by atoms with van der Waals surface area (Å²) in [6.45, 7) is 0.730. The van der Waals surface area contributed by atoms with E-state index in [2.05, 4.69) is 11.4 Å². The van der Waals surface area contributed by atoms with Gasteiger partial charge in [0.2, 0.25) is 0 Å². The van der Waals surface area contributed by atoms with Crippen molar-refractivity contribution < 1.29 is 9.90 Å². The predicted molar refractivity (Wildman–Crippen MR) is 62.4 cm³/mol. The molecule has 0 saturated carbocycles. The first-order chi connectivity index (χ1) is 8.19. The molecule has 1 aliphatic heterocycles. The Morgan fingerprint density at radius 3 is 3.06 bits per heavy atom. The minimum absolute atomic E-state index is 0.338. The first-order valence-electron chi connectivity index (χ1n) is 5.64. The van der Waals surface area contributed by atoms with E-state index in [4.69, 9.17) is 10.4 Å². The van der Waals surface area contributed by atoms with Crippen molar-refractivity contribution in [3.05, 3.63) is 35.4 Å². The second kappa shape index (κ2) is 4.98. The summed E-state index contributed by atoms with van der Waals surface area (Å²) in [5.41, 5.74) is 1.75. The third-order valence-corrected chi connectivity index (χ3v) is 3.10. The van der Waals surface area contributed by atoms with Gasteiger partial charge in [-0.3, -0.25) is 4.79 Å². The molecule has 1 aromatic carbocycles. The molecular formula is C13H14N2O2. The fraction of sp³-hybridized carbons (Fsp3) is 0.385. The normalized spacial score (nSPS) is 23.2. The zero-order valence-corrected chi connectivity index (χ0v) is 9.39. The molecule has 4 heteroatoms. The number of hydrogen-bond acceptors (Lipinski definition) is 3. The van der Waals surface area contributed by atoms with E-state index in [0.717, 1.165) is 18.5 Å². The number of nitrogens with zero attached hydrogens (tertiary/aromatic N) is 1. The summed E-state index contributed by atoms with van der Waals surface area (Å²) < 4.78 is 0. The van der Waals surface area contributed by atoms with Crippen molar-refractivity contribution in [2.45, 2.75) is 18.9 Å². The van der Waals surface area contributed by atoms with Gasteiger partial charge in [0.1, 0.15) is 6.04 Å². The average molecular weight is 230 g/mol. The van der Waals surface area contributed by atoms with Crippen LogP contribution in [0.15, 0.2) is 24.3 Å². The number of hydrogen-bond donors (Lipinski definition) is 2. The van der Waals surface area contributed by atoms with Crippen LogP contribution in [-0.4, -0.2) is 23.7 Å². The number of carboxylic acids is 1. The van der Waals surface area contributed by atoms with Crippen LogP contribution >= 0.6 is 0 Å². The minimum atomic E-state index is -0.779. The molecule has 1 saturated heterocycles. The Kier molecular flexibility index (Phi) is 3.40. The molecule has 0 bridgehead atoms. The maximum Gasteiger partial charge on any atom is 0.320 e. The number of carbonyl (C=O) groups is 1. The lowest BCUT2D eigenvalue weighted by atomic mass is 9.96. The van der Waals surface area contributed by atoms with Gasteiger partial charge in [-0.1, -0.05) is 12.1 Å². The quantitative estimate of drug-likeness (QED) is 0.817. The van der Waals surface area contributed by atoms with Crippen molar-refractivity contribution in [3.8, 4) is 6.07 Å². The summed E-state index contributed by atoms with van der Waals surface area (Å²) in [5.74, 6) is -0.441. The molecule has 1 fully saturated rings.